The molecule has 2 rings (SSSR count). The number of rotatable bonds is 4. The average molecular weight is 406 g/mol. The molecule has 0 saturated carbocycles. The Morgan fingerprint density at radius 3 is 2.57 bits per heavy atom. The Hall–Kier alpha value is -1.51. The quantitative estimate of drug-likeness (QED) is 0.787. The second-order valence-electron chi connectivity index (χ2n) is 4.64. The zero-order valence-corrected chi connectivity index (χ0v) is 13.5. The van der Waals surface area contributed by atoms with Crippen molar-refractivity contribution in [3.63, 3.8) is 0 Å². The van der Waals surface area contributed by atoms with Crippen LogP contribution < -0.4 is 10.3 Å². The Balaban J connectivity index is 2.60. The Morgan fingerprint density at radius 2 is 1.95 bits per heavy atom. The van der Waals surface area contributed by atoms with Crippen LogP contribution in [0.1, 0.15) is 25.5 Å². The van der Waals surface area contributed by atoms with Crippen molar-refractivity contribution < 1.29 is 13.5 Å². The maximum atomic E-state index is 12.5. The third-order valence-corrected chi connectivity index (χ3v) is 3.84. The van der Waals surface area contributed by atoms with Gasteiger partial charge in [0.05, 0.1) is 14.8 Å². The molecular formula is C14H13F2IN2O2. The summed E-state index contributed by atoms with van der Waals surface area (Å²) in [5.41, 5.74) is 0.658. The van der Waals surface area contributed by atoms with Gasteiger partial charge in [0.15, 0.2) is 0 Å². The molecule has 1 aromatic heterocycles. The van der Waals surface area contributed by atoms with Crippen molar-refractivity contribution in [3.8, 4) is 17.1 Å². The minimum absolute atomic E-state index is 0.0217. The van der Waals surface area contributed by atoms with Crippen molar-refractivity contribution in [1.29, 1.82) is 0 Å². The van der Waals surface area contributed by atoms with E-state index in [0.717, 1.165) is 0 Å². The molecule has 0 bridgehead atoms. The highest BCUT2D eigenvalue weighted by atomic mass is 127. The molecule has 0 aliphatic carbocycles. The molecular weight excluding hydrogens is 393 g/mol. The highest BCUT2D eigenvalue weighted by molar-refractivity contribution is 14.1. The molecule has 1 aromatic carbocycles. The van der Waals surface area contributed by atoms with Crippen LogP contribution in [0.4, 0.5) is 8.78 Å². The Labute approximate surface area is 133 Å². The molecule has 0 amide bonds. The molecule has 7 heteroatoms. The Bertz CT molecular complexity index is 702. The topological polar surface area (TPSA) is 55.0 Å². The molecule has 21 heavy (non-hydrogen) atoms. The van der Waals surface area contributed by atoms with Crippen LogP contribution in [0.25, 0.3) is 11.4 Å². The summed E-state index contributed by atoms with van der Waals surface area (Å²) in [6, 6.07) is 6.23. The summed E-state index contributed by atoms with van der Waals surface area (Å²) in [7, 11) is 0. The van der Waals surface area contributed by atoms with Crippen molar-refractivity contribution in [1.82, 2.24) is 9.97 Å². The number of ether oxygens (including phenoxy) is 1. The maximum absolute atomic E-state index is 12.5. The number of aromatic nitrogens is 2. The number of benzene rings is 1. The predicted octanol–water partition coefficient (Wildman–Crippen LogP) is 3.77. The lowest BCUT2D eigenvalue weighted by atomic mass is 10.1. The fourth-order valence-electron chi connectivity index (χ4n) is 1.85. The molecule has 0 saturated heterocycles. The van der Waals surface area contributed by atoms with Crippen molar-refractivity contribution in [2.24, 2.45) is 0 Å². The first kappa shape index (κ1) is 15.9. The van der Waals surface area contributed by atoms with Crippen LogP contribution in [-0.4, -0.2) is 16.6 Å². The molecule has 112 valence electrons. The normalized spacial score (nSPS) is 11.2. The van der Waals surface area contributed by atoms with Crippen LogP contribution in [0.5, 0.6) is 5.75 Å². The van der Waals surface area contributed by atoms with Gasteiger partial charge in [0.25, 0.3) is 5.56 Å². The number of halogens is 3. The van der Waals surface area contributed by atoms with Gasteiger partial charge in [-0.05, 0) is 40.6 Å². The number of hydrogen-bond acceptors (Lipinski definition) is 3. The third-order valence-electron chi connectivity index (χ3n) is 2.79. The van der Waals surface area contributed by atoms with Gasteiger partial charge in [-0.3, -0.25) is 4.79 Å². The standard InChI is InChI=1S/C14H13F2IN2O2/c1-7(2)11-10(17)13(20)19-12(18-11)8-5-3-4-6-9(8)21-14(15)16/h3-7,14H,1-2H3,(H,18,19,20). The molecule has 0 radical (unpaired) electrons. The van der Waals surface area contributed by atoms with Gasteiger partial charge in [-0.1, -0.05) is 26.0 Å². The summed E-state index contributed by atoms with van der Waals surface area (Å²) in [5.74, 6) is 0.244. The highest BCUT2D eigenvalue weighted by Gasteiger charge is 2.16. The second kappa shape index (κ2) is 6.50. The summed E-state index contributed by atoms with van der Waals surface area (Å²) < 4.78 is 29.9. The number of alkyl halides is 2. The van der Waals surface area contributed by atoms with E-state index in [4.69, 9.17) is 0 Å². The van der Waals surface area contributed by atoms with Crippen LogP contribution in [0.3, 0.4) is 0 Å². The SMILES string of the molecule is CC(C)c1nc(-c2ccccc2OC(F)F)[nH]c(=O)c1I. The lowest BCUT2D eigenvalue weighted by Crippen LogP contribution is -2.17. The molecule has 2 aromatic rings. The molecule has 0 spiro atoms. The summed E-state index contributed by atoms with van der Waals surface area (Å²) in [5, 5.41) is 0. The minimum Gasteiger partial charge on any atom is -0.434 e. The average Bonchev–Trinajstić information content (AvgIpc) is 2.41. The van der Waals surface area contributed by atoms with Gasteiger partial charge < -0.3 is 9.72 Å². The summed E-state index contributed by atoms with van der Waals surface area (Å²) in [6.45, 7) is 0.885. The van der Waals surface area contributed by atoms with Gasteiger partial charge in [0.1, 0.15) is 11.6 Å². The predicted molar refractivity (Wildman–Crippen MR) is 83.7 cm³/mol. The van der Waals surface area contributed by atoms with Crippen molar-refractivity contribution in [3.05, 3.63) is 43.9 Å². The molecule has 0 fully saturated rings. The van der Waals surface area contributed by atoms with E-state index < -0.39 is 6.61 Å². The van der Waals surface area contributed by atoms with Crippen LogP contribution in [0.2, 0.25) is 0 Å². The largest absolute Gasteiger partial charge is 0.434 e. The van der Waals surface area contributed by atoms with E-state index in [0.29, 0.717) is 14.8 Å². The fraction of sp³-hybridized carbons (Fsp3) is 0.286. The fourth-order valence-corrected chi connectivity index (χ4v) is 2.73. The lowest BCUT2D eigenvalue weighted by Gasteiger charge is -2.12. The molecule has 1 heterocycles. The Kier molecular flexibility index (Phi) is 4.92. The van der Waals surface area contributed by atoms with Gasteiger partial charge in [0, 0.05) is 0 Å². The first-order chi connectivity index (χ1) is 9.90. The van der Waals surface area contributed by atoms with Crippen LogP contribution in [0.15, 0.2) is 29.1 Å². The molecule has 0 aliphatic heterocycles. The van der Waals surface area contributed by atoms with E-state index in [1.165, 1.54) is 6.07 Å². The maximum Gasteiger partial charge on any atom is 0.387 e. The smallest absolute Gasteiger partial charge is 0.387 e. The number of nitrogens with one attached hydrogen (secondary N) is 1. The zero-order chi connectivity index (χ0) is 15.6. The van der Waals surface area contributed by atoms with Crippen molar-refractivity contribution in [2.75, 3.05) is 0 Å². The molecule has 4 nitrogen and oxygen atoms in total. The number of aromatic amines is 1. The summed E-state index contributed by atoms with van der Waals surface area (Å²) in [6.07, 6.45) is 0. The van der Waals surface area contributed by atoms with Gasteiger partial charge >= 0.3 is 6.61 Å². The van der Waals surface area contributed by atoms with E-state index in [-0.39, 0.29) is 23.1 Å². The third kappa shape index (κ3) is 3.58. The molecule has 0 atom stereocenters. The molecule has 0 aliphatic rings. The summed E-state index contributed by atoms with van der Waals surface area (Å²) >= 11 is 1.93. The van der Waals surface area contributed by atoms with Gasteiger partial charge in [-0.15, -0.1) is 0 Å². The van der Waals surface area contributed by atoms with Gasteiger partial charge in [-0.2, -0.15) is 8.78 Å². The minimum atomic E-state index is -2.94. The Morgan fingerprint density at radius 1 is 1.29 bits per heavy atom. The van der Waals surface area contributed by atoms with E-state index >= 15 is 0 Å². The highest BCUT2D eigenvalue weighted by Crippen LogP contribution is 2.29. The van der Waals surface area contributed by atoms with Crippen molar-refractivity contribution >= 4 is 22.6 Å². The second-order valence-corrected chi connectivity index (χ2v) is 5.72. The zero-order valence-electron chi connectivity index (χ0n) is 11.4. The summed E-state index contributed by atoms with van der Waals surface area (Å²) in [4.78, 5) is 19.0. The number of H-pyrrole nitrogens is 1. The van der Waals surface area contributed by atoms with Crippen LogP contribution in [-0.2, 0) is 0 Å². The van der Waals surface area contributed by atoms with E-state index in [9.17, 15) is 13.6 Å². The van der Waals surface area contributed by atoms with E-state index in [1.54, 1.807) is 18.2 Å². The number of para-hydroxylation sites is 1. The number of hydrogen-bond donors (Lipinski definition) is 1. The lowest BCUT2D eigenvalue weighted by molar-refractivity contribution is -0.0494. The molecule has 1 N–H and O–H groups in total. The van der Waals surface area contributed by atoms with Gasteiger partial charge in [0.2, 0.25) is 0 Å². The first-order valence-corrected chi connectivity index (χ1v) is 7.32. The first-order valence-electron chi connectivity index (χ1n) is 6.24. The van der Waals surface area contributed by atoms with Crippen molar-refractivity contribution in [2.45, 2.75) is 26.4 Å². The monoisotopic (exact) mass is 406 g/mol. The van der Waals surface area contributed by atoms with Crippen LogP contribution in [0, 0.1) is 3.57 Å². The van der Waals surface area contributed by atoms with Gasteiger partial charge in [-0.25, -0.2) is 4.98 Å². The number of nitrogens with zero attached hydrogens (tertiary/aromatic N) is 1. The van der Waals surface area contributed by atoms with Crippen LogP contribution >= 0.6 is 22.6 Å². The van der Waals surface area contributed by atoms with E-state index in [2.05, 4.69) is 14.7 Å². The van der Waals surface area contributed by atoms with E-state index in [1.807, 2.05) is 36.4 Å². The molecule has 0 unspecified atom stereocenters.